The normalized spacial score (nSPS) is 15.2. The van der Waals surface area contributed by atoms with Gasteiger partial charge in [-0.15, -0.1) is 11.3 Å². The Morgan fingerprint density at radius 1 is 1.23 bits per heavy atom. The predicted molar refractivity (Wildman–Crippen MR) is 121 cm³/mol. The summed E-state index contributed by atoms with van der Waals surface area (Å²) in [5.41, 5.74) is 5.99. The number of hydrogen-bond donors (Lipinski definition) is 1. The lowest BCUT2D eigenvalue weighted by Crippen LogP contribution is -2.04. The van der Waals surface area contributed by atoms with Crippen LogP contribution in [0.15, 0.2) is 42.5 Å². The highest BCUT2D eigenvalue weighted by molar-refractivity contribution is 7.15. The Morgan fingerprint density at radius 2 is 2.03 bits per heavy atom. The molecule has 0 amide bonds. The van der Waals surface area contributed by atoms with Crippen molar-refractivity contribution in [3.8, 4) is 16.3 Å². The summed E-state index contributed by atoms with van der Waals surface area (Å²) in [6.07, 6.45) is 3.86. The van der Waals surface area contributed by atoms with Crippen molar-refractivity contribution in [1.82, 2.24) is 4.98 Å². The SMILES string of the molecule is CCc1ccc(-c2nc(CCOc3ccc4c(c3)CCC4CC(=O)O)c(C)s2)cc1. The number of carboxylic acid groups (broad SMARTS) is 1. The molecule has 1 unspecified atom stereocenters. The minimum absolute atomic E-state index is 0.133. The number of rotatable bonds is 8. The van der Waals surface area contributed by atoms with Crippen molar-refractivity contribution in [2.75, 3.05) is 6.61 Å². The maximum atomic E-state index is 11.0. The van der Waals surface area contributed by atoms with Crippen LogP contribution in [0.3, 0.4) is 0 Å². The van der Waals surface area contributed by atoms with Crippen LogP contribution in [0.25, 0.3) is 10.6 Å². The average molecular weight is 422 g/mol. The molecule has 3 aromatic rings. The highest BCUT2D eigenvalue weighted by Crippen LogP contribution is 2.37. The van der Waals surface area contributed by atoms with Gasteiger partial charge in [-0.25, -0.2) is 4.98 Å². The maximum absolute atomic E-state index is 11.0. The lowest BCUT2D eigenvalue weighted by Gasteiger charge is -2.10. The molecule has 1 atom stereocenters. The van der Waals surface area contributed by atoms with Crippen molar-refractivity contribution in [3.05, 3.63) is 69.7 Å². The lowest BCUT2D eigenvalue weighted by atomic mass is 9.98. The van der Waals surface area contributed by atoms with Gasteiger partial charge in [-0.05, 0) is 60.9 Å². The van der Waals surface area contributed by atoms with Crippen molar-refractivity contribution in [2.24, 2.45) is 0 Å². The van der Waals surface area contributed by atoms with E-state index in [4.69, 9.17) is 14.8 Å². The molecule has 5 heteroatoms. The minimum atomic E-state index is -0.729. The van der Waals surface area contributed by atoms with E-state index in [1.807, 2.05) is 12.1 Å². The van der Waals surface area contributed by atoms with Crippen molar-refractivity contribution in [1.29, 1.82) is 0 Å². The van der Waals surface area contributed by atoms with E-state index in [1.165, 1.54) is 27.1 Å². The van der Waals surface area contributed by atoms with Gasteiger partial charge in [0.2, 0.25) is 0 Å². The fourth-order valence-electron chi connectivity index (χ4n) is 4.13. The fraction of sp³-hybridized carbons (Fsp3) is 0.360. The number of carbonyl (C=O) groups is 1. The van der Waals surface area contributed by atoms with E-state index in [0.717, 1.165) is 42.1 Å². The fourth-order valence-corrected chi connectivity index (χ4v) is 5.09. The quantitative estimate of drug-likeness (QED) is 0.499. The van der Waals surface area contributed by atoms with Gasteiger partial charge in [0.15, 0.2) is 0 Å². The van der Waals surface area contributed by atoms with Crippen LogP contribution in [0.4, 0.5) is 0 Å². The smallest absolute Gasteiger partial charge is 0.303 e. The molecule has 1 aliphatic rings. The summed E-state index contributed by atoms with van der Waals surface area (Å²) in [7, 11) is 0. The number of ether oxygens (including phenoxy) is 1. The van der Waals surface area contributed by atoms with E-state index in [9.17, 15) is 4.79 Å². The second kappa shape index (κ2) is 9.00. The maximum Gasteiger partial charge on any atom is 0.303 e. The molecule has 1 heterocycles. The van der Waals surface area contributed by atoms with Gasteiger partial charge in [-0.3, -0.25) is 4.79 Å². The number of nitrogens with zero attached hydrogens (tertiary/aromatic N) is 1. The third kappa shape index (κ3) is 4.57. The molecule has 1 N–H and O–H groups in total. The van der Waals surface area contributed by atoms with Gasteiger partial charge in [-0.1, -0.05) is 37.3 Å². The van der Waals surface area contributed by atoms with Crippen molar-refractivity contribution in [3.63, 3.8) is 0 Å². The van der Waals surface area contributed by atoms with E-state index in [-0.39, 0.29) is 12.3 Å². The van der Waals surface area contributed by atoms with Crippen LogP contribution in [0.1, 0.15) is 52.9 Å². The van der Waals surface area contributed by atoms with Crippen molar-refractivity contribution < 1.29 is 14.6 Å². The molecule has 0 saturated carbocycles. The lowest BCUT2D eigenvalue weighted by molar-refractivity contribution is -0.137. The van der Waals surface area contributed by atoms with Crippen LogP contribution in [0.5, 0.6) is 5.75 Å². The molecule has 30 heavy (non-hydrogen) atoms. The number of hydrogen-bond acceptors (Lipinski definition) is 4. The first kappa shape index (κ1) is 20.6. The Labute approximate surface area is 181 Å². The standard InChI is InChI=1S/C25H27NO3S/c1-3-17-4-6-18(7-5-17)25-26-23(16(2)30-25)12-13-29-21-10-11-22-19(14-21)8-9-20(22)15-24(27)28/h4-7,10-11,14,20H,3,8-9,12-13,15H2,1-2H3,(H,27,28). The van der Waals surface area contributed by atoms with Gasteiger partial charge in [0, 0.05) is 16.9 Å². The average Bonchev–Trinajstić information content (AvgIpc) is 3.31. The van der Waals surface area contributed by atoms with Crippen LogP contribution in [0, 0.1) is 6.92 Å². The molecule has 1 aliphatic carbocycles. The third-order valence-corrected chi connectivity index (χ3v) is 6.91. The molecule has 0 aliphatic heterocycles. The number of thiazole rings is 1. The molecule has 4 nitrogen and oxygen atoms in total. The first-order valence-electron chi connectivity index (χ1n) is 10.6. The Kier molecular flexibility index (Phi) is 6.18. The van der Waals surface area contributed by atoms with E-state index in [0.29, 0.717) is 6.61 Å². The second-order valence-electron chi connectivity index (χ2n) is 7.86. The topological polar surface area (TPSA) is 59.4 Å². The molecular formula is C25H27NO3S. The van der Waals surface area contributed by atoms with E-state index in [2.05, 4.69) is 44.2 Å². The number of fused-ring (bicyclic) bond motifs is 1. The van der Waals surface area contributed by atoms with Crippen LogP contribution < -0.4 is 4.74 Å². The van der Waals surface area contributed by atoms with Crippen LogP contribution in [-0.4, -0.2) is 22.7 Å². The number of aliphatic carboxylic acids is 1. The van der Waals surface area contributed by atoms with Crippen LogP contribution >= 0.6 is 11.3 Å². The number of carboxylic acids is 1. The molecule has 2 aromatic carbocycles. The zero-order valence-corrected chi connectivity index (χ0v) is 18.3. The molecule has 1 aromatic heterocycles. The zero-order chi connectivity index (χ0) is 21.1. The molecular weight excluding hydrogens is 394 g/mol. The Hall–Kier alpha value is -2.66. The molecule has 0 spiro atoms. The first-order chi connectivity index (χ1) is 14.5. The summed E-state index contributed by atoms with van der Waals surface area (Å²) < 4.78 is 6.00. The summed E-state index contributed by atoms with van der Waals surface area (Å²) in [4.78, 5) is 17.1. The zero-order valence-electron chi connectivity index (χ0n) is 17.5. The number of aryl methyl sites for hydroxylation is 3. The van der Waals surface area contributed by atoms with E-state index in [1.54, 1.807) is 11.3 Å². The van der Waals surface area contributed by atoms with Gasteiger partial charge in [0.05, 0.1) is 18.7 Å². The van der Waals surface area contributed by atoms with Gasteiger partial charge >= 0.3 is 5.97 Å². The van der Waals surface area contributed by atoms with Crippen molar-refractivity contribution in [2.45, 2.75) is 51.9 Å². The summed E-state index contributed by atoms with van der Waals surface area (Å²) in [6.45, 7) is 4.86. The predicted octanol–water partition coefficient (Wildman–Crippen LogP) is 5.81. The summed E-state index contributed by atoms with van der Waals surface area (Å²) in [5, 5.41) is 10.1. The van der Waals surface area contributed by atoms with E-state index < -0.39 is 5.97 Å². The highest BCUT2D eigenvalue weighted by Gasteiger charge is 2.24. The summed E-state index contributed by atoms with van der Waals surface area (Å²) in [6, 6.07) is 14.7. The monoisotopic (exact) mass is 421 g/mol. The Bertz CT molecular complexity index is 1040. The van der Waals surface area contributed by atoms with Crippen molar-refractivity contribution >= 4 is 17.3 Å². The highest BCUT2D eigenvalue weighted by atomic mass is 32.1. The minimum Gasteiger partial charge on any atom is -0.493 e. The third-order valence-electron chi connectivity index (χ3n) is 5.85. The molecule has 4 rings (SSSR count). The van der Waals surface area contributed by atoms with E-state index >= 15 is 0 Å². The van der Waals surface area contributed by atoms with Gasteiger partial charge < -0.3 is 9.84 Å². The molecule has 0 fully saturated rings. The molecule has 156 valence electrons. The number of aromatic nitrogens is 1. The van der Waals surface area contributed by atoms with Gasteiger partial charge in [0.25, 0.3) is 0 Å². The largest absolute Gasteiger partial charge is 0.493 e. The molecule has 0 saturated heterocycles. The van der Waals surface area contributed by atoms with Crippen LogP contribution in [-0.2, 0) is 24.1 Å². The van der Waals surface area contributed by atoms with Gasteiger partial charge in [-0.2, -0.15) is 0 Å². The second-order valence-corrected chi connectivity index (χ2v) is 9.07. The first-order valence-corrected chi connectivity index (χ1v) is 11.4. The Balaban J connectivity index is 1.37. The Morgan fingerprint density at radius 3 is 2.77 bits per heavy atom. The van der Waals surface area contributed by atoms with Gasteiger partial charge in [0.1, 0.15) is 10.8 Å². The molecule has 0 radical (unpaired) electrons. The summed E-state index contributed by atoms with van der Waals surface area (Å²) in [5.74, 6) is 0.259. The van der Waals surface area contributed by atoms with Crippen LogP contribution in [0.2, 0.25) is 0 Å². The summed E-state index contributed by atoms with van der Waals surface area (Å²) >= 11 is 1.73. The molecule has 0 bridgehead atoms. The number of benzene rings is 2.